The molecule has 25 heavy (non-hydrogen) atoms. The Bertz CT molecular complexity index is 939. The lowest BCUT2D eigenvalue weighted by Crippen LogP contribution is -2.06. The maximum atomic E-state index is 11.7. The molecule has 0 fully saturated rings. The molecule has 3 aromatic carbocycles. The molecule has 0 unspecified atom stereocenters. The smallest absolute Gasteiger partial charge is 0.335 e. The highest BCUT2D eigenvalue weighted by atomic mass is 35.5. The van der Waals surface area contributed by atoms with Crippen LogP contribution in [0.4, 0.5) is 5.69 Å². The van der Waals surface area contributed by atoms with E-state index in [-0.39, 0.29) is 0 Å². The van der Waals surface area contributed by atoms with Gasteiger partial charge in [0.1, 0.15) is 11.5 Å². The Kier molecular flexibility index (Phi) is 4.91. The van der Waals surface area contributed by atoms with Crippen molar-refractivity contribution in [1.82, 2.24) is 0 Å². The molecule has 0 aliphatic carbocycles. The van der Waals surface area contributed by atoms with Crippen molar-refractivity contribution in [2.24, 2.45) is 0 Å². The number of halogens is 1. The highest BCUT2D eigenvalue weighted by molar-refractivity contribution is 6.31. The Morgan fingerprint density at radius 1 is 1.12 bits per heavy atom. The molecule has 0 aromatic heterocycles. The van der Waals surface area contributed by atoms with Crippen LogP contribution in [0.25, 0.3) is 10.8 Å². The molecule has 5 heteroatoms. The number of esters is 1. The molecule has 0 amide bonds. The van der Waals surface area contributed by atoms with Gasteiger partial charge in [0.15, 0.2) is 5.75 Å². The number of anilines is 1. The fraction of sp³-hybridized carbons (Fsp3) is 0.0500. The van der Waals surface area contributed by atoms with Gasteiger partial charge in [0.2, 0.25) is 0 Å². The molecule has 0 saturated carbocycles. The van der Waals surface area contributed by atoms with Gasteiger partial charge < -0.3 is 14.8 Å². The third-order valence-electron chi connectivity index (χ3n) is 3.62. The third kappa shape index (κ3) is 3.59. The van der Waals surface area contributed by atoms with Crippen LogP contribution in [0.2, 0.25) is 5.02 Å². The average molecular weight is 354 g/mol. The number of fused-ring (bicyclic) bond motifs is 1. The van der Waals surface area contributed by atoms with Gasteiger partial charge in [-0.1, -0.05) is 36.4 Å². The average Bonchev–Trinajstić information content (AvgIpc) is 2.64. The van der Waals surface area contributed by atoms with E-state index < -0.39 is 5.97 Å². The fourth-order valence-corrected chi connectivity index (χ4v) is 2.65. The van der Waals surface area contributed by atoms with Crippen LogP contribution < -0.4 is 14.8 Å². The zero-order valence-corrected chi connectivity index (χ0v) is 14.3. The summed E-state index contributed by atoms with van der Waals surface area (Å²) in [6.45, 7) is 3.44. The van der Waals surface area contributed by atoms with Crippen LogP contribution >= 0.6 is 11.6 Å². The lowest BCUT2D eigenvalue weighted by atomic mass is 10.1. The highest BCUT2D eigenvalue weighted by Gasteiger charge is 2.16. The van der Waals surface area contributed by atoms with E-state index in [9.17, 15) is 4.79 Å². The number of benzene rings is 3. The quantitative estimate of drug-likeness (QED) is 0.378. The van der Waals surface area contributed by atoms with Gasteiger partial charge in [0, 0.05) is 35.0 Å². The van der Waals surface area contributed by atoms with Crippen LogP contribution in [0.5, 0.6) is 17.2 Å². The van der Waals surface area contributed by atoms with Crippen molar-refractivity contribution in [1.29, 1.82) is 0 Å². The summed E-state index contributed by atoms with van der Waals surface area (Å²) in [6, 6.07) is 16.5. The summed E-state index contributed by atoms with van der Waals surface area (Å²) in [6.07, 6.45) is 1.12. The van der Waals surface area contributed by atoms with Crippen molar-refractivity contribution in [3.05, 3.63) is 72.3 Å². The summed E-state index contributed by atoms with van der Waals surface area (Å²) in [7, 11) is 1.74. The summed E-state index contributed by atoms with van der Waals surface area (Å²) in [4.78, 5) is 11.7. The van der Waals surface area contributed by atoms with E-state index in [0.717, 1.165) is 11.5 Å². The van der Waals surface area contributed by atoms with E-state index in [4.69, 9.17) is 21.1 Å². The fourth-order valence-electron chi connectivity index (χ4n) is 2.48. The summed E-state index contributed by atoms with van der Waals surface area (Å²) in [5.74, 6) is 1.16. The molecule has 0 saturated heterocycles. The molecule has 126 valence electrons. The maximum absolute atomic E-state index is 11.7. The minimum absolute atomic E-state index is 0.402. The van der Waals surface area contributed by atoms with E-state index >= 15 is 0 Å². The molecule has 0 heterocycles. The van der Waals surface area contributed by atoms with Crippen LogP contribution in [0, 0.1) is 0 Å². The Morgan fingerprint density at radius 2 is 1.88 bits per heavy atom. The van der Waals surface area contributed by atoms with Gasteiger partial charge >= 0.3 is 5.97 Å². The largest absolute Gasteiger partial charge is 0.457 e. The number of para-hydroxylation sites is 1. The Morgan fingerprint density at radius 3 is 2.56 bits per heavy atom. The summed E-state index contributed by atoms with van der Waals surface area (Å²) >= 11 is 6.16. The molecule has 3 aromatic rings. The first-order valence-electron chi connectivity index (χ1n) is 7.63. The van der Waals surface area contributed by atoms with Gasteiger partial charge in [0.05, 0.1) is 5.69 Å². The zero-order valence-electron chi connectivity index (χ0n) is 13.6. The second-order valence-electron chi connectivity index (χ2n) is 5.23. The van der Waals surface area contributed by atoms with Gasteiger partial charge in [-0.2, -0.15) is 0 Å². The highest BCUT2D eigenvalue weighted by Crippen LogP contribution is 2.42. The van der Waals surface area contributed by atoms with Gasteiger partial charge in [-0.25, -0.2) is 4.79 Å². The van der Waals surface area contributed by atoms with E-state index in [1.807, 2.05) is 30.3 Å². The Balaban J connectivity index is 2.20. The second-order valence-corrected chi connectivity index (χ2v) is 5.67. The monoisotopic (exact) mass is 353 g/mol. The van der Waals surface area contributed by atoms with Crippen LogP contribution in [0.15, 0.2) is 67.3 Å². The first-order chi connectivity index (χ1) is 12.1. The predicted octanol–water partition coefficient (Wildman–Crippen LogP) is 5.42. The molecule has 0 aliphatic rings. The van der Waals surface area contributed by atoms with Crippen molar-refractivity contribution in [3.63, 3.8) is 0 Å². The number of hydrogen-bond acceptors (Lipinski definition) is 4. The Labute approximate surface area is 150 Å². The SMILES string of the molecule is C=CC(=O)Oc1c(NC)cc(Oc2ccccc2)c2cc(Cl)ccc12. The van der Waals surface area contributed by atoms with E-state index in [2.05, 4.69) is 11.9 Å². The molecule has 0 bridgehead atoms. The first kappa shape index (κ1) is 16.9. The van der Waals surface area contributed by atoms with Crippen molar-refractivity contribution in [2.75, 3.05) is 12.4 Å². The summed E-state index contributed by atoms with van der Waals surface area (Å²) in [5.41, 5.74) is 0.621. The molecular weight excluding hydrogens is 338 g/mol. The van der Waals surface area contributed by atoms with Crippen molar-refractivity contribution < 1.29 is 14.3 Å². The standard InChI is InChI=1S/C20H16ClNO3/c1-3-19(23)25-20-15-10-9-13(21)11-16(15)18(12-17(20)22-2)24-14-7-5-4-6-8-14/h3-12,22H,1H2,2H3. The van der Waals surface area contributed by atoms with Gasteiger partial charge in [0.25, 0.3) is 0 Å². The van der Waals surface area contributed by atoms with Crippen molar-refractivity contribution in [2.45, 2.75) is 0 Å². The summed E-state index contributed by atoms with van der Waals surface area (Å²) < 4.78 is 11.4. The summed E-state index contributed by atoms with van der Waals surface area (Å²) in [5, 5.41) is 5.04. The minimum Gasteiger partial charge on any atom is -0.457 e. The molecule has 0 radical (unpaired) electrons. The van der Waals surface area contributed by atoms with Crippen LogP contribution in [-0.2, 0) is 4.79 Å². The van der Waals surface area contributed by atoms with Gasteiger partial charge in [-0.05, 0) is 30.3 Å². The van der Waals surface area contributed by atoms with Crippen LogP contribution in [0.1, 0.15) is 0 Å². The van der Waals surface area contributed by atoms with Gasteiger partial charge in [-0.3, -0.25) is 0 Å². The molecular formula is C20H16ClNO3. The van der Waals surface area contributed by atoms with Gasteiger partial charge in [-0.15, -0.1) is 0 Å². The zero-order chi connectivity index (χ0) is 17.8. The number of rotatable bonds is 5. The van der Waals surface area contributed by atoms with Crippen molar-refractivity contribution >= 4 is 34.0 Å². The Hall–Kier alpha value is -2.98. The lowest BCUT2D eigenvalue weighted by molar-refractivity contribution is -0.128. The van der Waals surface area contributed by atoms with Crippen molar-refractivity contribution in [3.8, 4) is 17.2 Å². The van der Waals surface area contributed by atoms with Crippen LogP contribution in [-0.4, -0.2) is 13.0 Å². The minimum atomic E-state index is -0.538. The second kappa shape index (κ2) is 7.28. The third-order valence-corrected chi connectivity index (χ3v) is 3.86. The lowest BCUT2D eigenvalue weighted by Gasteiger charge is -2.16. The first-order valence-corrected chi connectivity index (χ1v) is 8.01. The molecule has 3 rings (SSSR count). The maximum Gasteiger partial charge on any atom is 0.335 e. The topological polar surface area (TPSA) is 47.6 Å². The normalized spacial score (nSPS) is 10.3. The number of carbonyl (C=O) groups is 1. The number of nitrogens with one attached hydrogen (secondary N) is 1. The molecule has 0 atom stereocenters. The van der Waals surface area contributed by atoms with E-state index in [0.29, 0.717) is 33.3 Å². The number of carbonyl (C=O) groups excluding carboxylic acids is 1. The number of ether oxygens (including phenoxy) is 2. The molecule has 4 nitrogen and oxygen atoms in total. The molecule has 0 spiro atoms. The van der Waals surface area contributed by atoms with E-state index in [1.54, 1.807) is 31.3 Å². The van der Waals surface area contributed by atoms with Crippen LogP contribution in [0.3, 0.4) is 0 Å². The molecule has 1 N–H and O–H groups in total. The van der Waals surface area contributed by atoms with E-state index in [1.165, 1.54) is 0 Å². The molecule has 0 aliphatic heterocycles. The number of hydrogen-bond donors (Lipinski definition) is 1. The predicted molar refractivity (Wildman–Crippen MR) is 101 cm³/mol.